The summed E-state index contributed by atoms with van der Waals surface area (Å²) < 4.78 is 17.9. The van der Waals surface area contributed by atoms with E-state index >= 15 is 0 Å². The Bertz CT molecular complexity index is 490. The van der Waals surface area contributed by atoms with Crippen molar-refractivity contribution in [1.29, 1.82) is 0 Å². The molecule has 1 aromatic carbocycles. The zero-order valence-electron chi connectivity index (χ0n) is 13.4. The van der Waals surface area contributed by atoms with Gasteiger partial charge >= 0.3 is 0 Å². The molecule has 0 heterocycles. The van der Waals surface area contributed by atoms with Crippen LogP contribution < -0.4 is 10.1 Å². The minimum Gasteiger partial charge on any atom is -0.497 e. The van der Waals surface area contributed by atoms with Gasteiger partial charge in [0.1, 0.15) is 5.75 Å². The Morgan fingerprint density at radius 1 is 1.33 bits per heavy atom. The molecule has 3 unspecified atom stereocenters. The average Bonchev–Trinajstić information content (AvgIpc) is 2.52. The fourth-order valence-corrected chi connectivity index (χ4v) is 4.69. The zero-order chi connectivity index (χ0) is 15.2. The van der Waals surface area contributed by atoms with Gasteiger partial charge in [-0.2, -0.15) is 0 Å². The quantitative estimate of drug-likeness (QED) is 0.840. The molecular formula is C17H27NO2S. The van der Waals surface area contributed by atoms with Crippen LogP contribution >= 0.6 is 0 Å². The van der Waals surface area contributed by atoms with Gasteiger partial charge in [-0.1, -0.05) is 19.9 Å². The number of hydrogen-bond acceptors (Lipinski definition) is 3. The lowest BCUT2D eigenvalue weighted by Gasteiger charge is -2.34. The van der Waals surface area contributed by atoms with Crippen LogP contribution in [0.4, 0.5) is 0 Å². The maximum Gasteiger partial charge on any atom is 0.119 e. The van der Waals surface area contributed by atoms with E-state index in [1.807, 2.05) is 6.07 Å². The summed E-state index contributed by atoms with van der Waals surface area (Å²) >= 11 is 0. The van der Waals surface area contributed by atoms with E-state index in [9.17, 15) is 4.21 Å². The monoisotopic (exact) mass is 309 g/mol. The van der Waals surface area contributed by atoms with Gasteiger partial charge in [-0.15, -0.1) is 0 Å². The fraction of sp³-hybridized carbons (Fsp3) is 0.647. The lowest BCUT2D eigenvalue weighted by molar-refractivity contribution is 0.409. The van der Waals surface area contributed by atoms with Crippen molar-refractivity contribution in [3.63, 3.8) is 0 Å². The van der Waals surface area contributed by atoms with Crippen molar-refractivity contribution in [2.45, 2.75) is 50.8 Å². The summed E-state index contributed by atoms with van der Waals surface area (Å²) in [6.45, 7) is 5.23. The largest absolute Gasteiger partial charge is 0.497 e. The smallest absolute Gasteiger partial charge is 0.119 e. The van der Waals surface area contributed by atoms with Crippen molar-refractivity contribution in [1.82, 2.24) is 5.32 Å². The highest BCUT2D eigenvalue weighted by Crippen LogP contribution is 2.35. The van der Waals surface area contributed by atoms with Crippen LogP contribution in [0.5, 0.6) is 5.75 Å². The molecule has 2 rings (SSSR count). The van der Waals surface area contributed by atoms with E-state index in [0.717, 1.165) is 43.7 Å². The molecular weight excluding hydrogens is 282 g/mol. The SMILES string of the molecule is CCCNC1c2cc(OC)ccc2CCC1S(=O)CCC. The number of nitrogens with one attached hydrogen (secondary N) is 1. The molecule has 0 spiro atoms. The van der Waals surface area contributed by atoms with Crippen LogP contribution in [-0.4, -0.2) is 28.9 Å². The third-order valence-corrected chi connectivity index (χ3v) is 6.11. The summed E-state index contributed by atoms with van der Waals surface area (Å²) in [7, 11) is 0.941. The highest BCUT2D eigenvalue weighted by molar-refractivity contribution is 7.85. The second kappa shape index (κ2) is 7.95. The number of hydrogen-bond donors (Lipinski definition) is 1. The predicted octanol–water partition coefficient (Wildman–Crippen LogP) is 3.21. The van der Waals surface area contributed by atoms with Crippen molar-refractivity contribution in [3.8, 4) is 5.75 Å². The minimum absolute atomic E-state index is 0.191. The highest BCUT2D eigenvalue weighted by atomic mass is 32.2. The van der Waals surface area contributed by atoms with Gasteiger partial charge in [0.15, 0.2) is 0 Å². The number of fused-ring (bicyclic) bond motifs is 1. The second-order valence-electron chi connectivity index (χ2n) is 5.66. The molecule has 1 aliphatic carbocycles. The fourth-order valence-electron chi connectivity index (χ4n) is 3.06. The molecule has 1 aromatic rings. The number of benzene rings is 1. The molecule has 3 nitrogen and oxygen atoms in total. The Labute approximate surface area is 130 Å². The van der Waals surface area contributed by atoms with E-state index in [1.165, 1.54) is 11.1 Å². The normalized spacial score (nSPS) is 22.6. The average molecular weight is 309 g/mol. The first-order valence-corrected chi connectivity index (χ1v) is 9.36. The van der Waals surface area contributed by atoms with Crippen molar-refractivity contribution in [2.75, 3.05) is 19.4 Å². The summed E-state index contributed by atoms with van der Waals surface area (Å²) in [6.07, 6.45) is 4.09. The van der Waals surface area contributed by atoms with Crippen LogP contribution in [0.1, 0.15) is 50.3 Å². The molecule has 0 fully saturated rings. The van der Waals surface area contributed by atoms with E-state index in [4.69, 9.17) is 4.74 Å². The molecule has 0 bridgehead atoms. The lowest BCUT2D eigenvalue weighted by atomic mass is 9.87. The lowest BCUT2D eigenvalue weighted by Crippen LogP contribution is -2.39. The standard InChI is InChI=1S/C17H27NO2S/c1-4-10-18-17-15-12-14(20-3)8-6-13(15)7-9-16(17)21(19)11-5-2/h6,8,12,16-18H,4-5,7,9-11H2,1-3H3. The van der Waals surface area contributed by atoms with E-state index in [0.29, 0.717) is 0 Å². The molecule has 1 N–H and O–H groups in total. The summed E-state index contributed by atoms with van der Waals surface area (Å²) in [5.41, 5.74) is 2.65. The number of rotatable bonds is 7. The van der Waals surface area contributed by atoms with Crippen LogP contribution in [0.25, 0.3) is 0 Å². The topological polar surface area (TPSA) is 38.3 Å². The number of ether oxygens (including phenoxy) is 1. The Morgan fingerprint density at radius 2 is 2.14 bits per heavy atom. The van der Waals surface area contributed by atoms with Crippen molar-refractivity contribution in [3.05, 3.63) is 29.3 Å². The van der Waals surface area contributed by atoms with Gasteiger partial charge in [0.2, 0.25) is 0 Å². The molecule has 3 atom stereocenters. The molecule has 0 aromatic heterocycles. The molecule has 0 radical (unpaired) electrons. The van der Waals surface area contributed by atoms with E-state index in [1.54, 1.807) is 7.11 Å². The van der Waals surface area contributed by atoms with Gasteiger partial charge in [-0.05, 0) is 55.5 Å². The molecule has 0 saturated carbocycles. The van der Waals surface area contributed by atoms with Crippen LogP contribution in [0.15, 0.2) is 18.2 Å². The van der Waals surface area contributed by atoms with Crippen molar-refractivity contribution in [2.24, 2.45) is 0 Å². The summed E-state index contributed by atoms with van der Waals surface area (Å²) in [4.78, 5) is 0. The van der Waals surface area contributed by atoms with E-state index in [-0.39, 0.29) is 11.3 Å². The Morgan fingerprint density at radius 3 is 2.81 bits per heavy atom. The van der Waals surface area contributed by atoms with E-state index in [2.05, 4.69) is 31.3 Å². The number of methoxy groups -OCH3 is 1. The first kappa shape index (κ1) is 16.5. The third kappa shape index (κ3) is 3.86. The Kier molecular flexibility index (Phi) is 6.24. The van der Waals surface area contributed by atoms with Crippen molar-refractivity contribution >= 4 is 10.8 Å². The predicted molar refractivity (Wildman–Crippen MR) is 89.4 cm³/mol. The molecule has 21 heavy (non-hydrogen) atoms. The van der Waals surface area contributed by atoms with Crippen LogP contribution in [-0.2, 0) is 17.2 Å². The number of aryl methyl sites for hydroxylation is 1. The maximum atomic E-state index is 12.6. The van der Waals surface area contributed by atoms with Crippen molar-refractivity contribution < 1.29 is 8.95 Å². The third-order valence-electron chi connectivity index (χ3n) is 4.12. The zero-order valence-corrected chi connectivity index (χ0v) is 14.2. The van der Waals surface area contributed by atoms with Crippen LogP contribution in [0.2, 0.25) is 0 Å². The van der Waals surface area contributed by atoms with Gasteiger partial charge in [-0.3, -0.25) is 4.21 Å². The van der Waals surface area contributed by atoms with Gasteiger partial charge in [0.05, 0.1) is 12.4 Å². The molecule has 1 aliphatic rings. The molecule has 118 valence electrons. The highest BCUT2D eigenvalue weighted by Gasteiger charge is 2.33. The van der Waals surface area contributed by atoms with Gasteiger partial charge in [0, 0.05) is 22.6 Å². The second-order valence-corrected chi connectivity index (χ2v) is 7.43. The molecule has 0 aliphatic heterocycles. The van der Waals surface area contributed by atoms with Gasteiger partial charge in [0.25, 0.3) is 0 Å². The molecule has 0 saturated heterocycles. The summed E-state index contributed by atoms with van der Waals surface area (Å²) in [5, 5.41) is 3.84. The first-order valence-electron chi connectivity index (χ1n) is 7.98. The van der Waals surface area contributed by atoms with Gasteiger partial charge < -0.3 is 10.1 Å². The summed E-state index contributed by atoms with van der Waals surface area (Å²) in [5.74, 6) is 1.69. The Balaban J connectivity index is 2.31. The van der Waals surface area contributed by atoms with Gasteiger partial charge in [-0.25, -0.2) is 0 Å². The summed E-state index contributed by atoms with van der Waals surface area (Å²) in [6, 6.07) is 6.50. The first-order chi connectivity index (χ1) is 10.2. The maximum absolute atomic E-state index is 12.6. The molecule has 0 amide bonds. The van der Waals surface area contributed by atoms with E-state index < -0.39 is 10.8 Å². The van der Waals surface area contributed by atoms with Crippen LogP contribution in [0, 0.1) is 0 Å². The Hall–Kier alpha value is -0.870. The minimum atomic E-state index is -0.759. The van der Waals surface area contributed by atoms with Crippen LogP contribution in [0.3, 0.4) is 0 Å². The molecule has 4 heteroatoms.